The Kier molecular flexibility index (Phi) is 5.13. The van der Waals surface area contributed by atoms with E-state index in [0.717, 1.165) is 5.56 Å². The first kappa shape index (κ1) is 16.7. The molecular formula is C16H17N3O3S. The molecule has 6 nitrogen and oxygen atoms in total. The van der Waals surface area contributed by atoms with E-state index < -0.39 is 11.8 Å². The van der Waals surface area contributed by atoms with Gasteiger partial charge in [-0.1, -0.05) is 18.2 Å². The SMILES string of the molecule is Cc1csc(CN(CC(N)=O)C(=O)c2ccccc2)c1C(N)=O. The second-order valence-electron chi connectivity index (χ2n) is 5.07. The number of hydrogen-bond donors (Lipinski definition) is 2. The van der Waals surface area contributed by atoms with Crippen LogP contribution in [0, 0.1) is 6.92 Å². The largest absolute Gasteiger partial charge is 0.368 e. The number of primary amides is 2. The van der Waals surface area contributed by atoms with Crippen LogP contribution in [0.2, 0.25) is 0 Å². The first-order valence-corrected chi connectivity index (χ1v) is 7.77. The van der Waals surface area contributed by atoms with Crippen molar-refractivity contribution in [2.24, 2.45) is 11.5 Å². The Hall–Kier alpha value is -2.67. The van der Waals surface area contributed by atoms with Gasteiger partial charge in [0.15, 0.2) is 0 Å². The van der Waals surface area contributed by atoms with Crippen molar-refractivity contribution in [1.82, 2.24) is 4.90 Å². The minimum Gasteiger partial charge on any atom is -0.368 e. The highest BCUT2D eigenvalue weighted by Crippen LogP contribution is 2.24. The smallest absolute Gasteiger partial charge is 0.254 e. The fourth-order valence-electron chi connectivity index (χ4n) is 2.27. The molecule has 0 aliphatic carbocycles. The molecule has 4 N–H and O–H groups in total. The number of carbonyl (C=O) groups excluding carboxylic acids is 3. The lowest BCUT2D eigenvalue weighted by atomic mass is 10.1. The van der Waals surface area contributed by atoms with Crippen LogP contribution in [-0.4, -0.2) is 29.2 Å². The van der Waals surface area contributed by atoms with E-state index in [1.807, 2.05) is 0 Å². The number of nitrogens with two attached hydrogens (primary N) is 2. The van der Waals surface area contributed by atoms with Gasteiger partial charge in [-0.25, -0.2) is 0 Å². The zero-order valence-electron chi connectivity index (χ0n) is 12.6. The number of hydrogen-bond acceptors (Lipinski definition) is 4. The molecule has 0 atom stereocenters. The van der Waals surface area contributed by atoms with E-state index in [4.69, 9.17) is 11.5 Å². The summed E-state index contributed by atoms with van der Waals surface area (Å²) in [6.07, 6.45) is 0. The van der Waals surface area contributed by atoms with Crippen LogP contribution in [-0.2, 0) is 11.3 Å². The summed E-state index contributed by atoms with van der Waals surface area (Å²) in [6.45, 7) is 1.65. The van der Waals surface area contributed by atoms with Gasteiger partial charge in [-0.05, 0) is 30.0 Å². The van der Waals surface area contributed by atoms with Crippen molar-refractivity contribution in [1.29, 1.82) is 0 Å². The predicted octanol–water partition coefficient (Wildman–Crippen LogP) is 1.28. The summed E-state index contributed by atoms with van der Waals surface area (Å²) in [4.78, 5) is 37.4. The van der Waals surface area contributed by atoms with Crippen molar-refractivity contribution >= 4 is 29.1 Å². The third-order valence-corrected chi connectivity index (χ3v) is 4.38. The molecule has 120 valence electrons. The number of aryl methyl sites for hydroxylation is 1. The summed E-state index contributed by atoms with van der Waals surface area (Å²) in [5.41, 5.74) is 12.2. The number of benzene rings is 1. The molecular weight excluding hydrogens is 314 g/mol. The topological polar surface area (TPSA) is 106 Å². The Labute approximate surface area is 137 Å². The summed E-state index contributed by atoms with van der Waals surface area (Å²) in [5.74, 6) is -1.50. The minimum atomic E-state index is -0.622. The van der Waals surface area contributed by atoms with Gasteiger partial charge in [0, 0.05) is 10.4 Å². The van der Waals surface area contributed by atoms with Crippen LogP contribution in [0.1, 0.15) is 31.2 Å². The van der Waals surface area contributed by atoms with Crippen molar-refractivity contribution in [3.8, 4) is 0 Å². The number of amides is 3. The van der Waals surface area contributed by atoms with E-state index in [-0.39, 0.29) is 19.0 Å². The average Bonchev–Trinajstić information content (AvgIpc) is 2.87. The van der Waals surface area contributed by atoms with Crippen molar-refractivity contribution in [2.45, 2.75) is 13.5 Å². The van der Waals surface area contributed by atoms with Crippen molar-refractivity contribution < 1.29 is 14.4 Å². The molecule has 2 aromatic rings. The monoisotopic (exact) mass is 331 g/mol. The fourth-order valence-corrected chi connectivity index (χ4v) is 3.32. The molecule has 0 aliphatic heterocycles. The lowest BCUT2D eigenvalue weighted by Gasteiger charge is -2.21. The first-order valence-electron chi connectivity index (χ1n) is 6.89. The van der Waals surface area contributed by atoms with Crippen LogP contribution in [0.25, 0.3) is 0 Å². The van der Waals surface area contributed by atoms with Gasteiger partial charge in [0.25, 0.3) is 5.91 Å². The molecule has 0 saturated carbocycles. The Morgan fingerprint density at radius 3 is 2.35 bits per heavy atom. The molecule has 23 heavy (non-hydrogen) atoms. The molecule has 0 aliphatic rings. The summed E-state index contributed by atoms with van der Waals surface area (Å²) < 4.78 is 0. The predicted molar refractivity (Wildman–Crippen MR) is 88.0 cm³/mol. The van der Waals surface area contributed by atoms with E-state index in [9.17, 15) is 14.4 Å². The Balaban J connectivity index is 2.32. The number of carbonyl (C=O) groups is 3. The van der Waals surface area contributed by atoms with Crippen LogP contribution < -0.4 is 11.5 Å². The van der Waals surface area contributed by atoms with E-state index in [2.05, 4.69) is 0 Å². The van der Waals surface area contributed by atoms with Crippen LogP contribution >= 0.6 is 11.3 Å². The molecule has 0 spiro atoms. The Morgan fingerprint density at radius 1 is 1.13 bits per heavy atom. The Bertz CT molecular complexity index is 740. The maximum absolute atomic E-state index is 12.6. The van der Waals surface area contributed by atoms with Gasteiger partial charge in [0.1, 0.15) is 6.54 Å². The summed E-state index contributed by atoms with van der Waals surface area (Å²) in [5, 5.41) is 1.80. The van der Waals surface area contributed by atoms with Crippen LogP contribution in [0.4, 0.5) is 0 Å². The average molecular weight is 331 g/mol. The second-order valence-corrected chi connectivity index (χ2v) is 6.04. The highest BCUT2D eigenvalue weighted by atomic mass is 32.1. The maximum atomic E-state index is 12.6. The molecule has 0 unspecified atom stereocenters. The number of nitrogens with zero attached hydrogens (tertiary/aromatic N) is 1. The van der Waals surface area contributed by atoms with Gasteiger partial charge in [-0.15, -0.1) is 11.3 Å². The zero-order chi connectivity index (χ0) is 17.0. The highest BCUT2D eigenvalue weighted by Gasteiger charge is 2.22. The quantitative estimate of drug-likeness (QED) is 0.832. The fraction of sp³-hybridized carbons (Fsp3) is 0.188. The second kappa shape index (κ2) is 7.06. The normalized spacial score (nSPS) is 10.3. The van der Waals surface area contributed by atoms with E-state index >= 15 is 0 Å². The minimum absolute atomic E-state index is 0.105. The van der Waals surface area contributed by atoms with Crippen molar-refractivity contribution in [3.63, 3.8) is 0 Å². The lowest BCUT2D eigenvalue weighted by Crippen LogP contribution is -2.38. The van der Waals surface area contributed by atoms with Gasteiger partial charge >= 0.3 is 0 Å². The molecule has 0 bridgehead atoms. The van der Waals surface area contributed by atoms with E-state index in [0.29, 0.717) is 16.0 Å². The number of thiophene rings is 1. The highest BCUT2D eigenvalue weighted by molar-refractivity contribution is 7.10. The third kappa shape index (κ3) is 3.95. The zero-order valence-corrected chi connectivity index (χ0v) is 13.4. The van der Waals surface area contributed by atoms with Gasteiger partial charge in [0.2, 0.25) is 11.8 Å². The molecule has 0 radical (unpaired) electrons. The molecule has 1 aromatic heterocycles. The van der Waals surface area contributed by atoms with Gasteiger partial charge in [-0.2, -0.15) is 0 Å². The van der Waals surface area contributed by atoms with Crippen molar-refractivity contribution in [3.05, 3.63) is 57.3 Å². The van der Waals surface area contributed by atoms with Crippen LogP contribution in [0.5, 0.6) is 0 Å². The standard InChI is InChI=1S/C16H17N3O3S/c1-10-9-23-12(14(10)15(18)21)7-19(8-13(17)20)16(22)11-5-3-2-4-6-11/h2-6,9H,7-8H2,1H3,(H2,17,20)(H2,18,21). The molecule has 1 heterocycles. The molecule has 2 rings (SSSR count). The van der Waals surface area contributed by atoms with E-state index in [1.165, 1.54) is 16.2 Å². The molecule has 1 aromatic carbocycles. The Morgan fingerprint density at radius 2 is 1.78 bits per heavy atom. The molecule has 3 amide bonds. The molecule has 7 heteroatoms. The van der Waals surface area contributed by atoms with Crippen LogP contribution in [0.15, 0.2) is 35.7 Å². The first-order chi connectivity index (χ1) is 10.9. The van der Waals surface area contributed by atoms with Gasteiger partial charge < -0.3 is 16.4 Å². The molecule has 0 saturated heterocycles. The summed E-state index contributed by atoms with van der Waals surface area (Å²) in [6, 6.07) is 8.58. The third-order valence-electron chi connectivity index (χ3n) is 3.29. The maximum Gasteiger partial charge on any atom is 0.254 e. The summed E-state index contributed by atoms with van der Waals surface area (Å²) in [7, 11) is 0. The van der Waals surface area contributed by atoms with Gasteiger partial charge in [0.05, 0.1) is 12.1 Å². The lowest BCUT2D eigenvalue weighted by molar-refractivity contribution is -0.118. The van der Waals surface area contributed by atoms with Crippen LogP contribution in [0.3, 0.4) is 0 Å². The van der Waals surface area contributed by atoms with Crippen molar-refractivity contribution in [2.75, 3.05) is 6.54 Å². The van der Waals surface area contributed by atoms with Gasteiger partial charge in [-0.3, -0.25) is 14.4 Å². The summed E-state index contributed by atoms with van der Waals surface area (Å²) >= 11 is 1.33. The molecule has 0 fully saturated rings. The number of rotatable bonds is 6. The van der Waals surface area contributed by atoms with E-state index in [1.54, 1.807) is 42.6 Å².